The predicted octanol–water partition coefficient (Wildman–Crippen LogP) is 2.79. The van der Waals surface area contributed by atoms with Gasteiger partial charge in [-0.25, -0.2) is 0 Å². The fraction of sp³-hybridized carbons (Fsp3) is 0.412. The minimum Gasteiger partial charge on any atom is -0.384 e. The molecule has 1 N–H and O–H groups in total. The maximum Gasteiger partial charge on any atom is 0.148 e. The molecule has 2 aromatic rings. The molecule has 0 bridgehead atoms. The van der Waals surface area contributed by atoms with Gasteiger partial charge in [-0.1, -0.05) is 25.1 Å². The number of hydrogen-bond acceptors (Lipinski definition) is 3. The van der Waals surface area contributed by atoms with Crippen LogP contribution in [0, 0.1) is 0 Å². The van der Waals surface area contributed by atoms with Crippen molar-refractivity contribution < 1.29 is 4.79 Å². The summed E-state index contributed by atoms with van der Waals surface area (Å²) in [5.74, 6) is 0.233. The number of aromatic nitrogens is 2. The van der Waals surface area contributed by atoms with Crippen LogP contribution in [0.5, 0.6) is 0 Å². The van der Waals surface area contributed by atoms with Crippen LogP contribution in [-0.4, -0.2) is 22.1 Å². The Kier molecular flexibility index (Phi) is 3.78. The lowest BCUT2D eigenvalue weighted by Crippen LogP contribution is -2.18. The number of carbonyl (C=O) groups excluding carboxylic acids is 1. The topological polar surface area (TPSA) is 46.9 Å². The number of nitrogens with zero attached hydrogens (tertiary/aromatic N) is 2. The first-order chi connectivity index (χ1) is 10.2. The van der Waals surface area contributed by atoms with Gasteiger partial charge >= 0.3 is 0 Å². The molecule has 0 saturated carbocycles. The van der Waals surface area contributed by atoms with E-state index in [2.05, 4.69) is 30.3 Å². The standard InChI is InChI=1S/C17H21N3O/c1-3-12-9-13(20(4-2)19-12)10-17(21)15-11-18-16-8-6-5-7-14(15)16/h5-9,15,18H,3-4,10-11H2,1-2H3. The average Bonchev–Trinajstić information content (AvgIpc) is 3.10. The molecule has 0 amide bonds. The molecule has 1 aromatic carbocycles. The molecule has 0 spiro atoms. The molecule has 110 valence electrons. The van der Waals surface area contributed by atoms with E-state index in [-0.39, 0.29) is 11.7 Å². The zero-order chi connectivity index (χ0) is 14.8. The Morgan fingerprint density at radius 3 is 2.95 bits per heavy atom. The molecule has 0 aliphatic carbocycles. The van der Waals surface area contributed by atoms with E-state index in [4.69, 9.17) is 0 Å². The molecule has 1 aromatic heterocycles. The first-order valence-corrected chi connectivity index (χ1v) is 7.64. The molecule has 1 unspecified atom stereocenters. The number of aryl methyl sites for hydroxylation is 2. The van der Waals surface area contributed by atoms with Crippen molar-refractivity contribution in [3.63, 3.8) is 0 Å². The fourth-order valence-electron chi connectivity index (χ4n) is 2.98. The molecule has 0 radical (unpaired) electrons. The largest absolute Gasteiger partial charge is 0.384 e. The molecule has 1 atom stereocenters. The van der Waals surface area contributed by atoms with Gasteiger partial charge in [0.2, 0.25) is 0 Å². The monoisotopic (exact) mass is 283 g/mol. The van der Waals surface area contributed by atoms with Gasteiger partial charge in [0.05, 0.1) is 11.6 Å². The highest BCUT2D eigenvalue weighted by Gasteiger charge is 2.28. The average molecular weight is 283 g/mol. The van der Waals surface area contributed by atoms with E-state index in [1.807, 2.05) is 28.9 Å². The lowest BCUT2D eigenvalue weighted by atomic mass is 9.94. The van der Waals surface area contributed by atoms with Gasteiger partial charge in [0, 0.05) is 30.9 Å². The van der Waals surface area contributed by atoms with E-state index in [1.165, 1.54) is 0 Å². The van der Waals surface area contributed by atoms with Crippen LogP contribution in [-0.2, 0) is 24.2 Å². The summed E-state index contributed by atoms with van der Waals surface area (Å²) in [5.41, 5.74) is 4.31. The van der Waals surface area contributed by atoms with Crippen molar-refractivity contribution in [1.29, 1.82) is 0 Å². The Labute approximate surface area is 125 Å². The van der Waals surface area contributed by atoms with Crippen LogP contribution >= 0.6 is 0 Å². The molecule has 2 heterocycles. The van der Waals surface area contributed by atoms with Crippen LogP contribution in [0.1, 0.15) is 36.7 Å². The van der Waals surface area contributed by atoms with Crippen LogP contribution in [0.25, 0.3) is 0 Å². The second-order valence-electron chi connectivity index (χ2n) is 5.46. The van der Waals surface area contributed by atoms with Crippen molar-refractivity contribution in [1.82, 2.24) is 9.78 Å². The summed E-state index contributed by atoms with van der Waals surface area (Å²) in [4.78, 5) is 12.7. The van der Waals surface area contributed by atoms with Crippen molar-refractivity contribution in [3.8, 4) is 0 Å². The van der Waals surface area contributed by atoms with E-state index in [0.717, 1.165) is 35.6 Å². The summed E-state index contributed by atoms with van der Waals surface area (Å²) in [5, 5.41) is 7.84. The molecule has 0 saturated heterocycles. The third-order valence-electron chi connectivity index (χ3n) is 4.15. The second-order valence-corrected chi connectivity index (χ2v) is 5.46. The highest BCUT2D eigenvalue weighted by atomic mass is 16.1. The van der Waals surface area contributed by atoms with Crippen LogP contribution < -0.4 is 5.32 Å². The summed E-state index contributed by atoms with van der Waals surface area (Å²) in [6, 6.07) is 10.1. The summed E-state index contributed by atoms with van der Waals surface area (Å²) in [6.45, 7) is 5.67. The number of fused-ring (bicyclic) bond motifs is 1. The quantitative estimate of drug-likeness (QED) is 0.918. The minimum atomic E-state index is -0.0357. The smallest absolute Gasteiger partial charge is 0.148 e. The third-order valence-corrected chi connectivity index (χ3v) is 4.15. The fourth-order valence-corrected chi connectivity index (χ4v) is 2.98. The maximum absolute atomic E-state index is 12.7. The molecule has 3 rings (SSSR count). The van der Waals surface area contributed by atoms with Gasteiger partial charge < -0.3 is 5.32 Å². The van der Waals surface area contributed by atoms with Gasteiger partial charge in [-0.3, -0.25) is 9.48 Å². The van der Waals surface area contributed by atoms with E-state index in [9.17, 15) is 4.79 Å². The second kappa shape index (κ2) is 5.72. The highest BCUT2D eigenvalue weighted by Crippen LogP contribution is 2.32. The van der Waals surface area contributed by atoms with Gasteiger partial charge in [-0.2, -0.15) is 5.10 Å². The first kappa shape index (κ1) is 13.9. The Morgan fingerprint density at radius 1 is 1.38 bits per heavy atom. The number of nitrogens with one attached hydrogen (secondary N) is 1. The number of ketones is 1. The Hall–Kier alpha value is -2.10. The zero-order valence-electron chi connectivity index (χ0n) is 12.6. The Balaban J connectivity index is 1.80. The minimum absolute atomic E-state index is 0.0357. The van der Waals surface area contributed by atoms with E-state index < -0.39 is 0 Å². The normalized spacial score (nSPS) is 16.6. The third kappa shape index (κ3) is 2.58. The van der Waals surface area contributed by atoms with Gasteiger partial charge in [0.25, 0.3) is 0 Å². The van der Waals surface area contributed by atoms with E-state index in [1.54, 1.807) is 0 Å². The predicted molar refractivity (Wildman–Crippen MR) is 83.7 cm³/mol. The number of Topliss-reactive ketones (excluding diaryl/α,β-unsaturated/α-hetero) is 1. The molecule has 4 nitrogen and oxygen atoms in total. The number of anilines is 1. The highest BCUT2D eigenvalue weighted by molar-refractivity contribution is 5.91. The van der Waals surface area contributed by atoms with Gasteiger partial charge in [0.15, 0.2) is 0 Å². The van der Waals surface area contributed by atoms with E-state index in [0.29, 0.717) is 13.0 Å². The van der Waals surface area contributed by atoms with Crippen molar-refractivity contribution >= 4 is 11.5 Å². The van der Waals surface area contributed by atoms with Crippen molar-refractivity contribution in [2.75, 3.05) is 11.9 Å². The number of carbonyl (C=O) groups is 1. The van der Waals surface area contributed by atoms with Crippen molar-refractivity contribution in [2.24, 2.45) is 0 Å². The van der Waals surface area contributed by atoms with Gasteiger partial charge in [0.1, 0.15) is 5.78 Å². The molecule has 1 aliphatic heterocycles. The van der Waals surface area contributed by atoms with Crippen LogP contribution in [0.15, 0.2) is 30.3 Å². The number of para-hydroxylation sites is 1. The molecule has 4 heteroatoms. The first-order valence-electron chi connectivity index (χ1n) is 7.64. The molecule has 1 aliphatic rings. The molecule has 0 fully saturated rings. The van der Waals surface area contributed by atoms with Crippen molar-refractivity contribution in [3.05, 3.63) is 47.3 Å². The Morgan fingerprint density at radius 2 is 2.19 bits per heavy atom. The Bertz CT molecular complexity index is 660. The summed E-state index contributed by atoms with van der Waals surface area (Å²) < 4.78 is 1.95. The summed E-state index contributed by atoms with van der Waals surface area (Å²) >= 11 is 0. The lowest BCUT2D eigenvalue weighted by molar-refractivity contribution is -0.119. The number of hydrogen-bond donors (Lipinski definition) is 1. The van der Waals surface area contributed by atoms with Crippen LogP contribution in [0.4, 0.5) is 5.69 Å². The number of rotatable bonds is 5. The maximum atomic E-state index is 12.7. The summed E-state index contributed by atoms with van der Waals surface area (Å²) in [7, 11) is 0. The van der Waals surface area contributed by atoms with Crippen molar-refractivity contribution in [2.45, 2.75) is 39.2 Å². The summed E-state index contributed by atoms with van der Waals surface area (Å²) in [6.07, 6.45) is 1.36. The molecular weight excluding hydrogens is 262 g/mol. The lowest BCUT2D eigenvalue weighted by Gasteiger charge is -2.10. The van der Waals surface area contributed by atoms with Crippen LogP contribution in [0.3, 0.4) is 0 Å². The zero-order valence-corrected chi connectivity index (χ0v) is 12.6. The SMILES string of the molecule is CCc1cc(CC(=O)C2CNc3ccccc32)n(CC)n1. The number of benzene rings is 1. The molecular formula is C17H21N3O. The van der Waals surface area contributed by atoms with E-state index >= 15 is 0 Å². The van der Waals surface area contributed by atoms with Crippen LogP contribution in [0.2, 0.25) is 0 Å². The molecule has 21 heavy (non-hydrogen) atoms. The van der Waals surface area contributed by atoms with Gasteiger partial charge in [-0.15, -0.1) is 0 Å². The van der Waals surface area contributed by atoms with Gasteiger partial charge in [-0.05, 0) is 31.0 Å².